The average Bonchev–Trinajstić information content (AvgIpc) is 2.87. The number of amides is 2. The first-order chi connectivity index (χ1) is 17.4. The number of sulfonamides is 1. The third kappa shape index (κ3) is 6.60. The van der Waals surface area contributed by atoms with Crippen molar-refractivity contribution in [2.75, 3.05) is 17.9 Å². The lowest BCUT2D eigenvalue weighted by atomic mass is 10.1. The summed E-state index contributed by atoms with van der Waals surface area (Å²) in [5.41, 5.74) is 1.53. The lowest BCUT2D eigenvalue weighted by Crippen LogP contribution is -2.50. The Morgan fingerprint density at radius 2 is 1.54 bits per heavy atom. The van der Waals surface area contributed by atoms with Gasteiger partial charge in [0.05, 0.1) is 10.6 Å². The fraction of sp³-hybridized carbons (Fsp3) is 0.231. The van der Waals surface area contributed by atoms with E-state index >= 15 is 0 Å². The van der Waals surface area contributed by atoms with Crippen LogP contribution in [0, 0.1) is 12.7 Å². The second-order valence-electron chi connectivity index (χ2n) is 8.31. The molecular weight excluding hydrogens is 540 g/mol. The maximum absolute atomic E-state index is 13.7. The van der Waals surface area contributed by atoms with Gasteiger partial charge < -0.3 is 10.2 Å². The van der Waals surface area contributed by atoms with Crippen molar-refractivity contribution in [2.45, 2.75) is 31.3 Å². The third-order valence-corrected chi connectivity index (χ3v) is 8.30. The standard InChI is InChI=1S/C26H26Cl2FN3O4S/c1-17-7-11-20(12-8-17)32(37(35,36)21-13-9-19(29)10-14-21)16-25(33)31(18(2)26(34)30-3)15-22-23(27)5-4-6-24(22)28/h4-14,18H,15-16H2,1-3H3,(H,30,34)/t18-/m1/s1. The maximum atomic E-state index is 13.7. The van der Waals surface area contributed by atoms with Gasteiger partial charge in [-0.25, -0.2) is 12.8 Å². The predicted octanol–water partition coefficient (Wildman–Crippen LogP) is 4.80. The van der Waals surface area contributed by atoms with Crippen LogP contribution in [0.3, 0.4) is 0 Å². The molecular formula is C26H26Cl2FN3O4S. The van der Waals surface area contributed by atoms with Crippen molar-refractivity contribution < 1.29 is 22.4 Å². The zero-order chi connectivity index (χ0) is 27.3. The number of halogens is 3. The van der Waals surface area contributed by atoms with Crippen LogP contribution < -0.4 is 9.62 Å². The number of rotatable bonds is 9. The molecule has 0 fully saturated rings. The minimum atomic E-state index is -4.29. The van der Waals surface area contributed by atoms with Gasteiger partial charge in [0.1, 0.15) is 18.4 Å². The van der Waals surface area contributed by atoms with Gasteiger partial charge in [0.25, 0.3) is 10.0 Å². The van der Waals surface area contributed by atoms with Crippen LogP contribution in [-0.2, 0) is 26.2 Å². The van der Waals surface area contributed by atoms with Gasteiger partial charge in [0.2, 0.25) is 11.8 Å². The van der Waals surface area contributed by atoms with Crippen LogP contribution in [0.2, 0.25) is 10.0 Å². The van der Waals surface area contributed by atoms with E-state index in [1.807, 2.05) is 6.92 Å². The molecule has 0 aromatic heterocycles. The van der Waals surface area contributed by atoms with Crippen molar-refractivity contribution in [2.24, 2.45) is 0 Å². The summed E-state index contributed by atoms with van der Waals surface area (Å²) in [6.07, 6.45) is 0. The monoisotopic (exact) mass is 565 g/mol. The van der Waals surface area contributed by atoms with Gasteiger partial charge in [-0.1, -0.05) is 47.0 Å². The van der Waals surface area contributed by atoms with E-state index < -0.39 is 40.2 Å². The highest BCUT2D eigenvalue weighted by molar-refractivity contribution is 7.92. The van der Waals surface area contributed by atoms with E-state index in [0.717, 1.165) is 34.1 Å². The van der Waals surface area contributed by atoms with Gasteiger partial charge in [-0.2, -0.15) is 0 Å². The van der Waals surface area contributed by atoms with E-state index in [9.17, 15) is 22.4 Å². The topological polar surface area (TPSA) is 86.8 Å². The molecule has 11 heteroatoms. The third-order valence-electron chi connectivity index (χ3n) is 5.81. The van der Waals surface area contributed by atoms with Gasteiger partial charge in [-0.15, -0.1) is 0 Å². The molecule has 3 aromatic carbocycles. The first-order valence-electron chi connectivity index (χ1n) is 11.2. The molecule has 3 rings (SSSR count). The number of hydrogen-bond donors (Lipinski definition) is 1. The van der Waals surface area contributed by atoms with Crippen molar-refractivity contribution in [3.8, 4) is 0 Å². The molecule has 0 unspecified atom stereocenters. The van der Waals surface area contributed by atoms with Crippen LogP contribution in [0.1, 0.15) is 18.1 Å². The van der Waals surface area contributed by atoms with Gasteiger partial charge in [0.15, 0.2) is 0 Å². The minimum absolute atomic E-state index is 0.135. The quantitative estimate of drug-likeness (QED) is 0.403. The van der Waals surface area contributed by atoms with Crippen LogP contribution in [0.25, 0.3) is 0 Å². The number of anilines is 1. The van der Waals surface area contributed by atoms with E-state index in [2.05, 4.69) is 5.32 Å². The summed E-state index contributed by atoms with van der Waals surface area (Å²) in [6, 6.07) is 14.8. The molecule has 0 aliphatic heterocycles. The molecule has 0 saturated heterocycles. The molecule has 0 aliphatic carbocycles. The van der Waals surface area contributed by atoms with Gasteiger partial charge in [-0.3, -0.25) is 13.9 Å². The fourth-order valence-corrected chi connectivity index (χ4v) is 5.55. The van der Waals surface area contributed by atoms with Gasteiger partial charge in [-0.05, 0) is 62.4 Å². The zero-order valence-corrected chi connectivity index (χ0v) is 22.7. The second kappa shape index (κ2) is 11.9. The van der Waals surface area contributed by atoms with Crippen LogP contribution >= 0.6 is 23.2 Å². The molecule has 0 bridgehead atoms. The summed E-state index contributed by atoms with van der Waals surface area (Å²) >= 11 is 12.6. The zero-order valence-electron chi connectivity index (χ0n) is 20.4. The lowest BCUT2D eigenvalue weighted by molar-refractivity contribution is -0.139. The number of nitrogens with one attached hydrogen (secondary N) is 1. The molecule has 1 atom stereocenters. The molecule has 0 saturated carbocycles. The van der Waals surface area contributed by atoms with E-state index in [0.29, 0.717) is 15.6 Å². The van der Waals surface area contributed by atoms with E-state index in [-0.39, 0.29) is 17.1 Å². The Bertz CT molecular complexity index is 1360. The smallest absolute Gasteiger partial charge is 0.264 e. The molecule has 0 radical (unpaired) electrons. The number of carbonyl (C=O) groups is 2. The summed E-state index contributed by atoms with van der Waals surface area (Å²) in [5.74, 6) is -1.72. The molecule has 37 heavy (non-hydrogen) atoms. The summed E-state index contributed by atoms with van der Waals surface area (Å²) < 4.78 is 41.7. The number of hydrogen-bond acceptors (Lipinski definition) is 4. The molecule has 1 N–H and O–H groups in total. The lowest BCUT2D eigenvalue weighted by Gasteiger charge is -2.32. The normalized spacial score (nSPS) is 12.1. The van der Waals surface area contributed by atoms with Crippen molar-refractivity contribution in [1.82, 2.24) is 10.2 Å². The first-order valence-corrected chi connectivity index (χ1v) is 13.4. The Morgan fingerprint density at radius 1 is 0.973 bits per heavy atom. The molecule has 2 amide bonds. The molecule has 3 aromatic rings. The Balaban J connectivity index is 2.06. The Hall–Kier alpha value is -3.14. The highest BCUT2D eigenvalue weighted by Crippen LogP contribution is 2.28. The fourth-order valence-electron chi connectivity index (χ4n) is 3.62. The van der Waals surface area contributed by atoms with Crippen molar-refractivity contribution in [1.29, 1.82) is 0 Å². The number of benzene rings is 3. The molecule has 196 valence electrons. The largest absolute Gasteiger partial charge is 0.357 e. The van der Waals surface area contributed by atoms with Crippen LogP contribution in [0.5, 0.6) is 0 Å². The van der Waals surface area contributed by atoms with Crippen LogP contribution in [0.15, 0.2) is 71.6 Å². The molecule has 0 aliphatic rings. The van der Waals surface area contributed by atoms with Gasteiger partial charge in [0, 0.05) is 29.2 Å². The van der Waals surface area contributed by atoms with E-state index in [4.69, 9.17) is 23.2 Å². The van der Waals surface area contributed by atoms with E-state index in [1.165, 1.54) is 18.9 Å². The Morgan fingerprint density at radius 3 is 2.08 bits per heavy atom. The SMILES string of the molecule is CNC(=O)[C@@H](C)N(Cc1c(Cl)cccc1Cl)C(=O)CN(c1ccc(C)cc1)S(=O)(=O)c1ccc(F)cc1. The Labute approximate surface area is 225 Å². The van der Waals surface area contributed by atoms with Gasteiger partial charge >= 0.3 is 0 Å². The molecule has 0 heterocycles. The van der Waals surface area contributed by atoms with Crippen LogP contribution in [0.4, 0.5) is 10.1 Å². The number of likely N-dealkylation sites (N-methyl/N-ethyl adjacent to an activating group) is 1. The molecule has 0 spiro atoms. The summed E-state index contributed by atoms with van der Waals surface area (Å²) in [5, 5.41) is 3.09. The number of nitrogens with zero attached hydrogens (tertiary/aromatic N) is 2. The summed E-state index contributed by atoms with van der Waals surface area (Å²) in [7, 11) is -2.85. The minimum Gasteiger partial charge on any atom is -0.357 e. The average molecular weight is 566 g/mol. The number of aryl methyl sites for hydroxylation is 1. The second-order valence-corrected chi connectivity index (χ2v) is 11.0. The van der Waals surface area contributed by atoms with Crippen molar-refractivity contribution in [3.05, 3.63) is 93.7 Å². The maximum Gasteiger partial charge on any atom is 0.264 e. The van der Waals surface area contributed by atoms with E-state index in [1.54, 1.807) is 42.5 Å². The number of carbonyl (C=O) groups excluding carboxylic acids is 2. The van der Waals surface area contributed by atoms with Crippen molar-refractivity contribution >= 4 is 50.7 Å². The highest BCUT2D eigenvalue weighted by Gasteiger charge is 2.33. The van der Waals surface area contributed by atoms with Crippen LogP contribution in [-0.4, -0.2) is 44.8 Å². The summed E-state index contributed by atoms with van der Waals surface area (Å²) in [4.78, 5) is 27.3. The summed E-state index contributed by atoms with van der Waals surface area (Å²) in [6.45, 7) is 2.59. The first kappa shape index (κ1) is 28.4. The predicted molar refractivity (Wildman–Crippen MR) is 143 cm³/mol. The molecule has 7 nitrogen and oxygen atoms in total. The van der Waals surface area contributed by atoms with Crippen molar-refractivity contribution in [3.63, 3.8) is 0 Å². The Kier molecular flexibility index (Phi) is 9.17. The highest BCUT2D eigenvalue weighted by atomic mass is 35.5.